The van der Waals surface area contributed by atoms with Gasteiger partial charge in [-0.1, -0.05) is 36.5 Å². The third-order valence-electron chi connectivity index (χ3n) is 3.27. The zero-order valence-electron chi connectivity index (χ0n) is 10.6. The van der Waals surface area contributed by atoms with E-state index in [1.165, 1.54) is 16.5 Å². The van der Waals surface area contributed by atoms with Crippen molar-refractivity contribution in [2.75, 3.05) is 0 Å². The number of nitrogens with two attached hydrogens (primary N) is 1. The fourth-order valence-electron chi connectivity index (χ4n) is 2.39. The standard InChI is InChI=1S/C16H14N2S/c1-10-7-14(13-5-6-18-15(13)8-10)11-3-2-4-12(9-11)16(17)19/h2-9,18H,1H3,(H2,17,19). The van der Waals surface area contributed by atoms with Gasteiger partial charge in [0.1, 0.15) is 4.99 Å². The van der Waals surface area contributed by atoms with Gasteiger partial charge in [-0.25, -0.2) is 0 Å². The number of thiocarbonyl (C=S) groups is 1. The highest BCUT2D eigenvalue weighted by atomic mass is 32.1. The van der Waals surface area contributed by atoms with Crippen molar-refractivity contribution in [1.82, 2.24) is 4.98 Å². The molecule has 0 atom stereocenters. The van der Waals surface area contributed by atoms with Gasteiger partial charge >= 0.3 is 0 Å². The predicted octanol–water partition coefficient (Wildman–Crippen LogP) is 3.78. The number of H-pyrrole nitrogens is 1. The Balaban J connectivity index is 2.26. The molecule has 2 nitrogen and oxygen atoms in total. The number of aromatic nitrogens is 1. The van der Waals surface area contributed by atoms with Crippen LogP contribution in [0.25, 0.3) is 22.0 Å². The van der Waals surface area contributed by atoms with Crippen LogP contribution in [0.5, 0.6) is 0 Å². The molecule has 0 saturated carbocycles. The Labute approximate surface area is 117 Å². The highest BCUT2D eigenvalue weighted by molar-refractivity contribution is 7.80. The van der Waals surface area contributed by atoms with Crippen LogP contribution in [0.4, 0.5) is 0 Å². The van der Waals surface area contributed by atoms with Crippen molar-refractivity contribution >= 4 is 28.1 Å². The lowest BCUT2D eigenvalue weighted by atomic mass is 9.98. The van der Waals surface area contributed by atoms with Gasteiger partial charge in [0.05, 0.1) is 0 Å². The molecule has 3 N–H and O–H groups in total. The van der Waals surface area contributed by atoms with E-state index < -0.39 is 0 Å². The van der Waals surface area contributed by atoms with Crippen LogP contribution in [0.1, 0.15) is 11.1 Å². The van der Waals surface area contributed by atoms with Crippen LogP contribution in [-0.2, 0) is 0 Å². The smallest absolute Gasteiger partial charge is 0.104 e. The summed E-state index contributed by atoms with van der Waals surface area (Å²) in [5.74, 6) is 0. The second-order valence-electron chi connectivity index (χ2n) is 4.70. The lowest BCUT2D eigenvalue weighted by molar-refractivity contribution is 1.44. The van der Waals surface area contributed by atoms with E-state index >= 15 is 0 Å². The molecule has 3 rings (SSSR count). The van der Waals surface area contributed by atoms with Crippen molar-refractivity contribution in [3.63, 3.8) is 0 Å². The molecule has 0 amide bonds. The minimum atomic E-state index is 0.430. The molecule has 3 aromatic rings. The quantitative estimate of drug-likeness (QED) is 0.693. The Bertz CT molecular complexity index is 771. The summed E-state index contributed by atoms with van der Waals surface area (Å²) in [6.45, 7) is 2.10. The van der Waals surface area contributed by atoms with Crippen molar-refractivity contribution in [2.45, 2.75) is 6.92 Å². The SMILES string of the molecule is Cc1cc(-c2cccc(C(N)=S)c2)c2cc[nH]c2c1. The molecule has 0 spiro atoms. The molecule has 1 heterocycles. The fraction of sp³-hybridized carbons (Fsp3) is 0.0625. The van der Waals surface area contributed by atoms with Crippen molar-refractivity contribution in [2.24, 2.45) is 5.73 Å². The Hall–Kier alpha value is -2.13. The van der Waals surface area contributed by atoms with Crippen LogP contribution < -0.4 is 5.73 Å². The average Bonchev–Trinajstić information content (AvgIpc) is 2.85. The zero-order chi connectivity index (χ0) is 13.4. The maximum absolute atomic E-state index is 5.71. The van der Waals surface area contributed by atoms with Crippen molar-refractivity contribution in [3.05, 3.63) is 59.8 Å². The lowest BCUT2D eigenvalue weighted by Crippen LogP contribution is -2.08. The highest BCUT2D eigenvalue weighted by Gasteiger charge is 2.07. The van der Waals surface area contributed by atoms with Crippen molar-refractivity contribution in [1.29, 1.82) is 0 Å². The second-order valence-corrected chi connectivity index (χ2v) is 5.14. The maximum Gasteiger partial charge on any atom is 0.104 e. The first-order valence-corrected chi connectivity index (χ1v) is 6.54. The van der Waals surface area contributed by atoms with Gasteiger partial charge < -0.3 is 10.7 Å². The van der Waals surface area contributed by atoms with Gasteiger partial charge in [0.2, 0.25) is 0 Å². The summed E-state index contributed by atoms with van der Waals surface area (Å²) in [4.78, 5) is 3.69. The summed E-state index contributed by atoms with van der Waals surface area (Å²) in [6, 6.07) is 14.5. The molecule has 0 bridgehead atoms. The minimum absolute atomic E-state index is 0.430. The number of hydrogen-bond acceptors (Lipinski definition) is 1. The first-order valence-electron chi connectivity index (χ1n) is 6.13. The molecule has 0 radical (unpaired) electrons. The van der Waals surface area contributed by atoms with Gasteiger partial charge in [-0.3, -0.25) is 0 Å². The molecule has 0 unspecified atom stereocenters. The van der Waals surface area contributed by atoms with Gasteiger partial charge in [-0.05, 0) is 41.8 Å². The number of aromatic amines is 1. The number of benzene rings is 2. The molecule has 0 aliphatic carbocycles. The van der Waals surface area contributed by atoms with E-state index in [1.807, 2.05) is 24.4 Å². The van der Waals surface area contributed by atoms with Crippen LogP contribution >= 0.6 is 12.2 Å². The number of fused-ring (bicyclic) bond motifs is 1. The first kappa shape index (κ1) is 11.9. The monoisotopic (exact) mass is 266 g/mol. The van der Waals surface area contributed by atoms with Crippen LogP contribution in [0.15, 0.2) is 48.7 Å². The summed E-state index contributed by atoms with van der Waals surface area (Å²) in [5, 5.41) is 1.21. The van der Waals surface area contributed by atoms with Gasteiger partial charge in [0.15, 0.2) is 0 Å². The number of rotatable bonds is 2. The molecule has 94 valence electrons. The fourth-order valence-corrected chi connectivity index (χ4v) is 2.52. The molecule has 0 aliphatic rings. The molecule has 0 fully saturated rings. The first-order chi connectivity index (χ1) is 9.15. The molecule has 19 heavy (non-hydrogen) atoms. The lowest BCUT2D eigenvalue weighted by Gasteiger charge is -2.07. The summed E-state index contributed by atoms with van der Waals surface area (Å²) in [6.07, 6.45) is 1.96. The van der Waals surface area contributed by atoms with E-state index in [-0.39, 0.29) is 0 Å². The Kier molecular flexibility index (Phi) is 2.84. The van der Waals surface area contributed by atoms with Crippen LogP contribution in [-0.4, -0.2) is 9.97 Å². The number of hydrogen-bond donors (Lipinski definition) is 2. The summed E-state index contributed by atoms with van der Waals surface area (Å²) in [7, 11) is 0. The molecular weight excluding hydrogens is 252 g/mol. The van der Waals surface area contributed by atoms with E-state index in [9.17, 15) is 0 Å². The minimum Gasteiger partial charge on any atom is -0.389 e. The predicted molar refractivity (Wildman–Crippen MR) is 84.4 cm³/mol. The summed E-state index contributed by atoms with van der Waals surface area (Å²) >= 11 is 5.05. The largest absolute Gasteiger partial charge is 0.389 e. The van der Waals surface area contributed by atoms with Gasteiger partial charge in [-0.15, -0.1) is 0 Å². The van der Waals surface area contributed by atoms with E-state index in [0.717, 1.165) is 16.6 Å². The molecular formula is C16H14N2S. The summed E-state index contributed by atoms with van der Waals surface area (Å²) in [5.41, 5.74) is 11.3. The van der Waals surface area contributed by atoms with Gasteiger partial charge in [0.25, 0.3) is 0 Å². The van der Waals surface area contributed by atoms with E-state index in [0.29, 0.717) is 4.99 Å². The summed E-state index contributed by atoms with van der Waals surface area (Å²) < 4.78 is 0. The average molecular weight is 266 g/mol. The molecule has 2 aromatic carbocycles. The van der Waals surface area contributed by atoms with E-state index in [2.05, 4.69) is 36.2 Å². The van der Waals surface area contributed by atoms with Crippen LogP contribution in [0.2, 0.25) is 0 Å². The highest BCUT2D eigenvalue weighted by Crippen LogP contribution is 2.30. The van der Waals surface area contributed by atoms with Crippen LogP contribution in [0.3, 0.4) is 0 Å². The number of aryl methyl sites for hydroxylation is 1. The molecule has 0 aliphatic heterocycles. The van der Waals surface area contributed by atoms with E-state index in [1.54, 1.807) is 0 Å². The third-order valence-corrected chi connectivity index (χ3v) is 3.51. The molecule has 1 aromatic heterocycles. The molecule has 0 saturated heterocycles. The normalized spacial score (nSPS) is 10.8. The van der Waals surface area contributed by atoms with Gasteiger partial charge in [0, 0.05) is 22.7 Å². The zero-order valence-corrected chi connectivity index (χ0v) is 11.4. The Morgan fingerprint density at radius 3 is 2.79 bits per heavy atom. The topological polar surface area (TPSA) is 41.8 Å². The Morgan fingerprint density at radius 2 is 2.00 bits per heavy atom. The van der Waals surface area contributed by atoms with E-state index in [4.69, 9.17) is 18.0 Å². The van der Waals surface area contributed by atoms with Crippen LogP contribution in [0, 0.1) is 6.92 Å². The van der Waals surface area contributed by atoms with Crippen molar-refractivity contribution in [3.8, 4) is 11.1 Å². The second kappa shape index (κ2) is 4.52. The number of nitrogens with one attached hydrogen (secondary N) is 1. The third kappa shape index (κ3) is 2.13. The van der Waals surface area contributed by atoms with Crippen molar-refractivity contribution < 1.29 is 0 Å². The maximum atomic E-state index is 5.71. The Morgan fingerprint density at radius 1 is 1.16 bits per heavy atom. The van der Waals surface area contributed by atoms with Gasteiger partial charge in [-0.2, -0.15) is 0 Å². The molecule has 3 heteroatoms.